The first-order valence-electron chi connectivity index (χ1n) is 7.98. The van der Waals surface area contributed by atoms with Gasteiger partial charge in [-0.25, -0.2) is 8.42 Å². The predicted octanol–water partition coefficient (Wildman–Crippen LogP) is 1.35. The molecule has 0 amide bonds. The van der Waals surface area contributed by atoms with E-state index in [9.17, 15) is 8.42 Å². The third-order valence-electron chi connectivity index (χ3n) is 4.27. The van der Waals surface area contributed by atoms with Gasteiger partial charge in [0.15, 0.2) is 0 Å². The second-order valence-corrected chi connectivity index (χ2v) is 8.08. The average molecular weight is 324 g/mol. The predicted molar refractivity (Wildman–Crippen MR) is 85.9 cm³/mol. The molecule has 1 aliphatic carbocycles. The van der Waals surface area contributed by atoms with Crippen molar-refractivity contribution in [3.8, 4) is 0 Å². The van der Waals surface area contributed by atoms with Gasteiger partial charge in [0.1, 0.15) is 0 Å². The highest BCUT2D eigenvalue weighted by Gasteiger charge is 2.25. The Kier molecular flexibility index (Phi) is 5.13. The molecule has 0 radical (unpaired) electrons. The summed E-state index contributed by atoms with van der Waals surface area (Å²) in [5.74, 6) is 0.901. The van der Waals surface area contributed by atoms with Gasteiger partial charge in [-0.05, 0) is 36.4 Å². The van der Waals surface area contributed by atoms with Gasteiger partial charge in [0.2, 0.25) is 10.0 Å². The molecule has 2 aliphatic rings. The Morgan fingerprint density at radius 3 is 2.50 bits per heavy atom. The first-order valence-corrected chi connectivity index (χ1v) is 9.59. The maximum atomic E-state index is 12.5. The normalized spacial score (nSPS) is 20.2. The van der Waals surface area contributed by atoms with E-state index in [0.717, 1.165) is 30.1 Å². The number of hydrogen-bond acceptors (Lipinski definition) is 4. The van der Waals surface area contributed by atoms with Gasteiger partial charge in [-0.15, -0.1) is 0 Å². The van der Waals surface area contributed by atoms with Crippen LogP contribution in [-0.2, 0) is 27.1 Å². The van der Waals surface area contributed by atoms with E-state index in [-0.39, 0.29) is 5.75 Å². The molecule has 0 aromatic heterocycles. The second-order valence-electron chi connectivity index (χ2n) is 6.11. The Morgan fingerprint density at radius 2 is 1.82 bits per heavy atom. The van der Waals surface area contributed by atoms with Crippen LogP contribution in [0.3, 0.4) is 0 Å². The number of rotatable bonds is 7. The molecule has 0 spiro atoms. The van der Waals surface area contributed by atoms with Crippen molar-refractivity contribution >= 4 is 10.0 Å². The summed E-state index contributed by atoms with van der Waals surface area (Å²) in [7, 11) is -3.26. The average Bonchev–Trinajstić information content (AvgIpc) is 3.34. The monoisotopic (exact) mass is 324 g/mol. The molecule has 2 fully saturated rings. The molecule has 1 aromatic rings. The zero-order valence-electron chi connectivity index (χ0n) is 12.8. The number of ether oxygens (including phenoxy) is 1. The maximum absolute atomic E-state index is 12.5. The van der Waals surface area contributed by atoms with Crippen LogP contribution in [0.5, 0.6) is 0 Å². The van der Waals surface area contributed by atoms with Gasteiger partial charge in [-0.2, -0.15) is 4.31 Å². The van der Waals surface area contributed by atoms with Crippen LogP contribution in [-0.4, -0.2) is 45.6 Å². The molecule has 22 heavy (non-hydrogen) atoms. The van der Waals surface area contributed by atoms with Crippen LogP contribution in [0.25, 0.3) is 0 Å². The highest BCUT2D eigenvalue weighted by Crippen LogP contribution is 2.27. The number of benzene rings is 1. The van der Waals surface area contributed by atoms with E-state index >= 15 is 0 Å². The van der Waals surface area contributed by atoms with Crippen molar-refractivity contribution in [3.63, 3.8) is 0 Å². The van der Waals surface area contributed by atoms with Crippen molar-refractivity contribution in [2.45, 2.75) is 25.1 Å². The Balaban J connectivity index is 1.64. The fraction of sp³-hybridized carbons (Fsp3) is 0.625. The number of nitrogens with zero attached hydrogens (tertiary/aromatic N) is 1. The third kappa shape index (κ3) is 4.29. The van der Waals surface area contributed by atoms with E-state index < -0.39 is 10.0 Å². The van der Waals surface area contributed by atoms with Gasteiger partial charge in [0.05, 0.1) is 19.0 Å². The van der Waals surface area contributed by atoms with E-state index in [1.165, 1.54) is 12.8 Å². The largest absolute Gasteiger partial charge is 0.379 e. The Bertz CT molecular complexity index is 593. The quantitative estimate of drug-likeness (QED) is 0.822. The molecule has 5 nitrogen and oxygen atoms in total. The second kappa shape index (κ2) is 7.08. The molecule has 0 atom stereocenters. The molecular weight excluding hydrogens is 300 g/mol. The molecule has 1 saturated heterocycles. The van der Waals surface area contributed by atoms with Gasteiger partial charge in [-0.3, -0.25) is 0 Å². The lowest BCUT2D eigenvalue weighted by Gasteiger charge is -2.26. The van der Waals surface area contributed by atoms with Crippen molar-refractivity contribution in [1.29, 1.82) is 0 Å². The lowest BCUT2D eigenvalue weighted by Crippen LogP contribution is -2.41. The van der Waals surface area contributed by atoms with Crippen LogP contribution >= 0.6 is 0 Å². The topological polar surface area (TPSA) is 58.6 Å². The van der Waals surface area contributed by atoms with Crippen LogP contribution in [0.2, 0.25) is 0 Å². The van der Waals surface area contributed by atoms with Crippen LogP contribution < -0.4 is 5.32 Å². The molecule has 1 heterocycles. The summed E-state index contributed by atoms with van der Waals surface area (Å²) < 4.78 is 31.9. The maximum Gasteiger partial charge on any atom is 0.218 e. The molecule has 1 aliphatic heterocycles. The van der Waals surface area contributed by atoms with Crippen molar-refractivity contribution in [2.24, 2.45) is 5.92 Å². The zero-order valence-corrected chi connectivity index (χ0v) is 13.6. The van der Waals surface area contributed by atoms with Crippen LogP contribution in [0.4, 0.5) is 0 Å². The molecule has 3 rings (SSSR count). The van der Waals surface area contributed by atoms with E-state index in [4.69, 9.17) is 4.74 Å². The molecule has 0 unspecified atom stereocenters. The summed E-state index contributed by atoms with van der Waals surface area (Å²) in [5.41, 5.74) is 1.98. The van der Waals surface area contributed by atoms with Gasteiger partial charge in [0.25, 0.3) is 0 Å². The van der Waals surface area contributed by atoms with E-state index in [0.29, 0.717) is 26.3 Å². The fourth-order valence-electron chi connectivity index (χ4n) is 2.72. The van der Waals surface area contributed by atoms with Crippen molar-refractivity contribution in [3.05, 3.63) is 35.4 Å². The van der Waals surface area contributed by atoms with Crippen molar-refractivity contribution < 1.29 is 13.2 Å². The summed E-state index contributed by atoms with van der Waals surface area (Å²) in [4.78, 5) is 0. The van der Waals surface area contributed by atoms with Crippen LogP contribution in [0, 0.1) is 5.92 Å². The minimum atomic E-state index is -3.26. The molecule has 6 heteroatoms. The van der Waals surface area contributed by atoms with E-state index in [1.54, 1.807) is 4.31 Å². The third-order valence-corrected chi connectivity index (χ3v) is 6.09. The lowest BCUT2D eigenvalue weighted by molar-refractivity contribution is 0.0729. The SMILES string of the molecule is O=S(=O)(Cc1ccccc1CNCC1CC1)N1CCOCC1. The van der Waals surface area contributed by atoms with Gasteiger partial charge in [-0.1, -0.05) is 24.3 Å². The molecule has 1 saturated carbocycles. The number of sulfonamides is 1. The summed E-state index contributed by atoms with van der Waals surface area (Å²) in [6.45, 7) is 3.68. The molecule has 0 bridgehead atoms. The highest BCUT2D eigenvalue weighted by molar-refractivity contribution is 7.88. The standard InChI is InChI=1S/C16H24N2O3S/c19-22(20,18-7-9-21-10-8-18)13-16-4-2-1-3-15(16)12-17-11-14-5-6-14/h1-4,14,17H,5-13H2. The van der Waals surface area contributed by atoms with E-state index in [2.05, 4.69) is 5.32 Å². The first-order chi connectivity index (χ1) is 10.6. The van der Waals surface area contributed by atoms with E-state index in [1.807, 2.05) is 24.3 Å². The lowest BCUT2D eigenvalue weighted by atomic mass is 10.1. The highest BCUT2D eigenvalue weighted by atomic mass is 32.2. The summed E-state index contributed by atoms with van der Waals surface area (Å²) in [6, 6.07) is 7.82. The number of hydrogen-bond donors (Lipinski definition) is 1. The Labute approximate surface area is 132 Å². The summed E-state index contributed by atoms with van der Waals surface area (Å²) >= 11 is 0. The fourth-order valence-corrected chi connectivity index (χ4v) is 4.28. The minimum Gasteiger partial charge on any atom is -0.379 e. The molecule has 1 aromatic carbocycles. The molecule has 1 N–H and O–H groups in total. The molecule has 122 valence electrons. The van der Waals surface area contributed by atoms with Crippen LogP contribution in [0.1, 0.15) is 24.0 Å². The smallest absolute Gasteiger partial charge is 0.218 e. The van der Waals surface area contributed by atoms with Crippen molar-refractivity contribution in [2.75, 3.05) is 32.8 Å². The Morgan fingerprint density at radius 1 is 1.14 bits per heavy atom. The summed E-state index contributed by atoms with van der Waals surface area (Å²) in [5, 5.41) is 3.44. The first kappa shape index (κ1) is 15.9. The van der Waals surface area contributed by atoms with Gasteiger partial charge < -0.3 is 10.1 Å². The van der Waals surface area contributed by atoms with Gasteiger partial charge >= 0.3 is 0 Å². The summed E-state index contributed by atoms with van der Waals surface area (Å²) in [6.07, 6.45) is 2.64. The Hall–Kier alpha value is -0.950. The molecular formula is C16H24N2O3S. The minimum absolute atomic E-state index is 0.0777. The van der Waals surface area contributed by atoms with Crippen molar-refractivity contribution in [1.82, 2.24) is 9.62 Å². The van der Waals surface area contributed by atoms with Gasteiger partial charge in [0, 0.05) is 19.6 Å². The van der Waals surface area contributed by atoms with Crippen LogP contribution in [0.15, 0.2) is 24.3 Å². The number of morpholine rings is 1. The number of nitrogens with one attached hydrogen (secondary N) is 1. The zero-order chi connectivity index (χ0) is 15.4.